The van der Waals surface area contributed by atoms with E-state index in [9.17, 15) is 4.79 Å². The minimum Gasteiger partial charge on any atom is -0.304 e. The van der Waals surface area contributed by atoms with Gasteiger partial charge >= 0.3 is 0 Å². The first-order valence-corrected chi connectivity index (χ1v) is 13.0. The highest BCUT2D eigenvalue weighted by molar-refractivity contribution is 7.99. The fraction of sp³-hybridized carbons (Fsp3) is 0.583. The summed E-state index contributed by atoms with van der Waals surface area (Å²) in [5, 5.41) is 2.86. The molecule has 164 valence electrons. The Morgan fingerprint density at radius 3 is 2.57 bits per heavy atom. The summed E-state index contributed by atoms with van der Waals surface area (Å²) in [6.45, 7) is 10.4. The monoisotopic (exact) mass is 445 g/mol. The second-order valence-corrected chi connectivity index (χ2v) is 10.5. The number of nitrogens with zero attached hydrogens (tertiary/aromatic N) is 3. The number of thioether (sulfide) groups is 1. The number of carbonyl (C=O) groups excluding carboxylic acids is 1. The van der Waals surface area contributed by atoms with Crippen molar-refractivity contribution in [2.24, 2.45) is 0 Å². The molecule has 0 aliphatic carbocycles. The molecule has 0 unspecified atom stereocenters. The average Bonchev–Trinajstić information content (AvgIpc) is 3.28. The Morgan fingerprint density at radius 2 is 1.87 bits per heavy atom. The molecule has 1 saturated heterocycles. The van der Waals surface area contributed by atoms with Gasteiger partial charge in [0, 0.05) is 31.9 Å². The Morgan fingerprint density at radius 1 is 1.10 bits per heavy atom. The number of likely N-dealkylation sites (N-methyl/N-ethyl adjacent to an activating group) is 1. The lowest BCUT2D eigenvalue weighted by atomic mass is 10.1. The zero-order valence-electron chi connectivity index (χ0n) is 18.6. The number of carbonyl (C=O) groups is 1. The van der Waals surface area contributed by atoms with E-state index in [0.717, 1.165) is 26.9 Å². The van der Waals surface area contributed by atoms with Gasteiger partial charge in [0.1, 0.15) is 5.03 Å². The van der Waals surface area contributed by atoms with Crippen LogP contribution >= 0.6 is 23.1 Å². The molecule has 30 heavy (non-hydrogen) atoms. The molecule has 6 heteroatoms. The predicted molar refractivity (Wildman–Crippen MR) is 129 cm³/mol. The van der Waals surface area contributed by atoms with Gasteiger partial charge in [-0.1, -0.05) is 32.8 Å². The molecule has 2 aromatic rings. The highest BCUT2D eigenvalue weighted by atomic mass is 32.2. The van der Waals surface area contributed by atoms with Crippen LogP contribution in [0.25, 0.3) is 0 Å². The van der Waals surface area contributed by atoms with Crippen molar-refractivity contribution in [2.45, 2.75) is 50.5 Å². The number of hydrogen-bond acceptors (Lipinski definition) is 6. The SMILES string of the molecule is CC(C)c1ccc(C(=O)c2cccs2)c(SCCCCCCN2CCN(C)CC2)n1. The number of hydrogen-bond donors (Lipinski definition) is 0. The Balaban J connectivity index is 1.45. The summed E-state index contributed by atoms with van der Waals surface area (Å²) in [5.74, 6) is 1.49. The molecule has 0 aromatic carbocycles. The van der Waals surface area contributed by atoms with Crippen LogP contribution in [0.2, 0.25) is 0 Å². The molecule has 0 atom stereocenters. The largest absolute Gasteiger partial charge is 0.304 e. The maximum Gasteiger partial charge on any atom is 0.205 e. The molecule has 2 aromatic heterocycles. The third-order valence-electron chi connectivity index (χ3n) is 5.67. The highest BCUT2D eigenvalue weighted by Crippen LogP contribution is 2.28. The summed E-state index contributed by atoms with van der Waals surface area (Å²) in [6.07, 6.45) is 5.00. The van der Waals surface area contributed by atoms with Crippen LogP contribution in [0.1, 0.15) is 66.4 Å². The molecule has 0 amide bonds. The number of ketones is 1. The van der Waals surface area contributed by atoms with Crippen LogP contribution in [0.5, 0.6) is 0 Å². The van der Waals surface area contributed by atoms with Crippen molar-refractivity contribution >= 4 is 28.9 Å². The minimum atomic E-state index is 0.0995. The first-order valence-electron chi connectivity index (χ1n) is 11.2. The molecule has 0 saturated carbocycles. The van der Waals surface area contributed by atoms with Gasteiger partial charge < -0.3 is 9.80 Å². The van der Waals surface area contributed by atoms with Crippen LogP contribution in [-0.2, 0) is 0 Å². The van der Waals surface area contributed by atoms with E-state index in [0.29, 0.717) is 5.92 Å². The second kappa shape index (κ2) is 12.0. The number of aromatic nitrogens is 1. The third kappa shape index (κ3) is 6.91. The lowest BCUT2D eigenvalue weighted by Crippen LogP contribution is -2.44. The lowest BCUT2D eigenvalue weighted by Gasteiger charge is -2.32. The number of piperazine rings is 1. The van der Waals surface area contributed by atoms with E-state index in [-0.39, 0.29) is 5.78 Å². The van der Waals surface area contributed by atoms with E-state index >= 15 is 0 Å². The summed E-state index contributed by atoms with van der Waals surface area (Å²) >= 11 is 3.25. The van der Waals surface area contributed by atoms with Gasteiger partial charge in [-0.25, -0.2) is 4.98 Å². The van der Waals surface area contributed by atoms with E-state index in [1.165, 1.54) is 69.7 Å². The summed E-state index contributed by atoms with van der Waals surface area (Å²) in [4.78, 5) is 23.5. The summed E-state index contributed by atoms with van der Waals surface area (Å²) in [7, 11) is 2.21. The molecule has 1 fully saturated rings. The van der Waals surface area contributed by atoms with Gasteiger partial charge in [0.2, 0.25) is 5.78 Å². The quantitative estimate of drug-likeness (QED) is 0.263. The lowest BCUT2D eigenvalue weighted by molar-refractivity contribution is 0.103. The molecule has 0 N–H and O–H groups in total. The summed E-state index contributed by atoms with van der Waals surface area (Å²) in [6, 6.07) is 7.82. The molecule has 0 bridgehead atoms. The van der Waals surface area contributed by atoms with Crippen molar-refractivity contribution in [2.75, 3.05) is 45.5 Å². The van der Waals surface area contributed by atoms with Crippen molar-refractivity contribution in [3.05, 3.63) is 45.8 Å². The average molecular weight is 446 g/mol. The Hall–Kier alpha value is -1.21. The smallest absolute Gasteiger partial charge is 0.205 e. The Labute approximate surface area is 190 Å². The molecule has 0 radical (unpaired) electrons. The molecule has 0 spiro atoms. The number of unbranched alkanes of at least 4 members (excludes halogenated alkanes) is 3. The van der Waals surface area contributed by atoms with Crippen LogP contribution in [0.4, 0.5) is 0 Å². The first-order chi connectivity index (χ1) is 14.5. The van der Waals surface area contributed by atoms with Crippen molar-refractivity contribution in [3.63, 3.8) is 0 Å². The van der Waals surface area contributed by atoms with Gasteiger partial charge in [-0.3, -0.25) is 4.79 Å². The number of pyridine rings is 1. The first kappa shape index (κ1) is 23.5. The van der Waals surface area contributed by atoms with Gasteiger partial charge in [0.05, 0.1) is 10.4 Å². The highest BCUT2D eigenvalue weighted by Gasteiger charge is 2.18. The van der Waals surface area contributed by atoms with Gasteiger partial charge in [-0.15, -0.1) is 23.1 Å². The van der Waals surface area contributed by atoms with Crippen LogP contribution in [0, 0.1) is 0 Å². The molecule has 3 rings (SSSR count). The molecule has 1 aliphatic heterocycles. The van der Waals surface area contributed by atoms with Gasteiger partial charge in [-0.2, -0.15) is 0 Å². The molecular formula is C24H35N3OS2. The van der Waals surface area contributed by atoms with E-state index in [1.807, 2.05) is 29.6 Å². The zero-order chi connectivity index (χ0) is 21.3. The molecular weight excluding hydrogens is 410 g/mol. The zero-order valence-corrected chi connectivity index (χ0v) is 20.2. The Bertz CT molecular complexity index is 784. The van der Waals surface area contributed by atoms with E-state index < -0.39 is 0 Å². The van der Waals surface area contributed by atoms with Gasteiger partial charge in [0.25, 0.3) is 0 Å². The molecule has 1 aliphatic rings. The second-order valence-electron chi connectivity index (χ2n) is 8.46. The van der Waals surface area contributed by atoms with Crippen molar-refractivity contribution in [1.82, 2.24) is 14.8 Å². The Kier molecular flexibility index (Phi) is 9.37. The standard InChI is InChI=1S/C24H35N3OS2/c1-19(2)21-11-10-20(23(28)22-9-8-18-29-22)24(25-21)30-17-7-5-4-6-12-27-15-13-26(3)14-16-27/h8-11,18-19H,4-7,12-17H2,1-3H3. The van der Waals surface area contributed by atoms with Crippen molar-refractivity contribution in [3.8, 4) is 0 Å². The minimum absolute atomic E-state index is 0.0995. The van der Waals surface area contributed by atoms with Crippen LogP contribution in [0.3, 0.4) is 0 Å². The van der Waals surface area contributed by atoms with Crippen LogP contribution < -0.4 is 0 Å². The normalized spacial score (nSPS) is 15.7. The third-order valence-corrected chi connectivity index (χ3v) is 7.61. The molecule has 4 nitrogen and oxygen atoms in total. The summed E-state index contributed by atoms with van der Waals surface area (Å²) in [5.41, 5.74) is 1.81. The van der Waals surface area contributed by atoms with Gasteiger partial charge in [0.15, 0.2) is 0 Å². The topological polar surface area (TPSA) is 36.4 Å². The maximum absolute atomic E-state index is 12.9. The predicted octanol–water partition coefficient (Wildman–Crippen LogP) is 5.40. The van der Waals surface area contributed by atoms with E-state index in [4.69, 9.17) is 4.98 Å². The van der Waals surface area contributed by atoms with Crippen LogP contribution in [-0.4, -0.2) is 66.1 Å². The number of thiophene rings is 1. The van der Waals surface area contributed by atoms with Crippen LogP contribution in [0.15, 0.2) is 34.7 Å². The fourth-order valence-electron chi connectivity index (χ4n) is 3.63. The van der Waals surface area contributed by atoms with E-state index in [1.54, 1.807) is 11.8 Å². The van der Waals surface area contributed by atoms with Crippen molar-refractivity contribution < 1.29 is 4.79 Å². The summed E-state index contributed by atoms with van der Waals surface area (Å²) < 4.78 is 0. The molecule has 3 heterocycles. The number of rotatable bonds is 11. The maximum atomic E-state index is 12.9. The van der Waals surface area contributed by atoms with Crippen molar-refractivity contribution in [1.29, 1.82) is 0 Å². The fourth-order valence-corrected chi connectivity index (χ4v) is 5.34. The van der Waals surface area contributed by atoms with Gasteiger partial charge in [-0.05, 0) is 61.7 Å². The van der Waals surface area contributed by atoms with E-state index in [2.05, 4.69) is 30.7 Å².